The van der Waals surface area contributed by atoms with Crippen molar-refractivity contribution < 1.29 is 14.9 Å². The fourth-order valence-corrected chi connectivity index (χ4v) is 1.89. The minimum atomic E-state index is -0.460. The Morgan fingerprint density at radius 3 is 2.67 bits per heavy atom. The third-order valence-corrected chi connectivity index (χ3v) is 2.75. The maximum atomic E-state index is 9.54. The molecule has 0 saturated heterocycles. The van der Waals surface area contributed by atoms with Crippen LogP contribution in [-0.4, -0.2) is 48.7 Å². The monoisotopic (exact) mass is 217 g/mol. The molecule has 1 atom stereocenters. The van der Waals surface area contributed by atoms with E-state index in [1.54, 1.807) is 0 Å². The highest BCUT2D eigenvalue weighted by atomic mass is 16.5. The summed E-state index contributed by atoms with van der Waals surface area (Å²) in [6.45, 7) is 1.53. The lowest BCUT2D eigenvalue weighted by molar-refractivity contribution is -0.0230. The van der Waals surface area contributed by atoms with Gasteiger partial charge in [-0.05, 0) is 12.8 Å². The lowest BCUT2D eigenvalue weighted by atomic mass is 9.98. The zero-order valence-electron chi connectivity index (χ0n) is 9.32. The van der Waals surface area contributed by atoms with Crippen LogP contribution in [0.25, 0.3) is 0 Å². The molecule has 15 heavy (non-hydrogen) atoms. The van der Waals surface area contributed by atoms with E-state index in [4.69, 9.17) is 9.84 Å². The molecule has 0 spiro atoms. The molecule has 0 aliphatic heterocycles. The molecule has 0 bridgehead atoms. The van der Waals surface area contributed by atoms with E-state index in [9.17, 15) is 5.11 Å². The first-order valence-electron chi connectivity index (χ1n) is 5.94. The van der Waals surface area contributed by atoms with Crippen molar-refractivity contribution in [3.05, 3.63) is 0 Å². The normalized spacial score (nSPS) is 20.4. The molecule has 1 rings (SSSR count). The highest BCUT2D eigenvalue weighted by Crippen LogP contribution is 2.20. The summed E-state index contributed by atoms with van der Waals surface area (Å²) in [5, 5.41) is 21.0. The highest BCUT2D eigenvalue weighted by molar-refractivity contribution is 4.67. The highest BCUT2D eigenvalue weighted by Gasteiger charge is 2.15. The van der Waals surface area contributed by atoms with Crippen molar-refractivity contribution in [2.45, 2.75) is 44.3 Å². The maximum Gasteiger partial charge on any atom is 0.0897 e. The fourth-order valence-electron chi connectivity index (χ4n) is 1.89. The quantitative estimate of drug-likeness (QED) is 0.536. The van der Waals surface area contributed by atoms with Gasteiger partial charge in [0.1, 0.15) is 0 Å². The average molecular weight is 217 g/mol. The van der Waals surface area contributed by atoms with E-state index in [2.05, 4.69) is 5.32 Å². The third-order valence-electron chi connectivity index (χ3n) is 2.75. The van der Waals surface area contributed by atoms with Gasteiger partial charge >= 0.3 is 0 Å². The summed E-state index contributed by atoms with van der Waals surface area (Å²) in [5.74, 6) is 0. The van der Waals surface area contributed by atoms with Gasteiger partial charge < -0.3 is 20.3 Å². The number of hydrogen-bond donors (Lipinski definition) is 3. The van der Waals surface area contributed by atoms with E-state index in [0.717, 1.165) is 12.8 Å². The zero-order valence-corrected chi connectivity index (χ0v) is 9.32. The van der Waals surface area contributed by atoms with Crippen molar-refractivity contribution in [1.82, 2.24) is 5.32 Å². The second-order valence-corrected chi connectivity index (χ2v) is 4.17. The molecule has 3 N–H and O–H groups in total. The molecular formula is C11H23NO3. The van der Waals surface area contributed by atoms with Gasteiger partial charge in [-0.2, -0.15) is 0 Å². The first kappa shape index (κ1) is 12.9. The van der Waals surface area contributed by atoms with Crippen LogP contribution in [0, 0.1) is 0 Å². The number of hydrogen-bond acceptors (Lipinski definition) is 4. The molecule has 4 heteroatoms. The summed E-state index contributed by atoms with van der Waals surface area (Å²) in [7, 11) is 0. The van der Waals surface area contributed by atoms with Crippen LogP contribution < -0.4 is 5.32 Å². The number of aliphatic hydroxyl groups is 2. The molecule has 0 aromatic carbocycles. The summed E-state index contributed by atoms with van der Waals surface area (Å²) in [4.78, 5) is 0. The predicted molar refractivity (Wildman–Crippen MR) is 58.8 cm³/mol. The van der Waals surface area contributed by atoms with Crippen molar-refractivity contribution in [1.29, 1.82) is 0 Å². The van der Waals surface area contributed by atoms with E-state index in [0.29, 0.717) is 25.8 Å². The summed E-state index contributed by atoms with van der Waals surface area (Å²) in [5.41, 5.74) is 0. The second kappa shape index (κ2) is 8.05. The molecule has 1 fully saturated rings. The molecule has 1 aliphatic carbocycles. The van der Waals surface area contributed by atoms with Crippen LogP contribution in [-0.2, 0) is 4.74 Å². The molecule has 1 unspecified atom stereocenters. The number of rotatable bonds is 7. The van der Waals surface area contributed by atoms with Crippen LogP contribution in [0.15, 0.2) is 0 Å². The van der Waals surface area contributed by atoms with Gasteiger partial charge in [0, 0.05) is 13.1 Å². The Morgan fingerprint density at radius 1 is 1.27 bits per heavy atom. The van der Waals surface area contributed by atoms with Crippen LogP contribution in [0.4, 0.5) is 0 Å². The Balaban J connectivity index is 1.97. The molecule has 0 aromatic rings. The van der Waals surface area contributed by atoms with Gasteiger partial charge in [-0.3, -0.25) is 0 Å². The second-order valence-electron chi connectivity index (χ2n) is 4.17. The predicted octanol–water partition coefficient (Wildman–Crippen LogP) is 0.278. The molecule has 0 radical (unpaired) electrons. The first-order chi connectivity index (χ1) is 7.33. The topological polar surface area (TPSA) is 61.7 Å². The standard InChI is InChI=1S/C11H23NO3/c13-7-6-12-8-10(14)9-15-11-4-2-1-3-5-11/h10-14H,1-9H2. The van der Waals surface area contributed by atoms with Gasteiger partial charge in [0.25, 0.3) is 0 Å². The third kappa shape index (κ3) is 6.10. The van der Waals surface area contributed by atoms with Crippen molar-refractivity contribution in [2.75, 3.05) is 26.3 Å². The Bertz CT molecular complexity index is 149. The smallest absolute Gasteiger partial charge is 0.0897 e. The molecule has 0 heterocycles. The fraction of sp³-hybridized carbons (Fsp3) is 1.00. The van der Waals surface area contributed by atoms with E-state index >= 15 is 0 Å². The molecule has 1 aliphatic rings. The van der Waals surface area contributed by atoms with Gasteiger partial charge in [0.2, 0.25) is 0 Å². The van der Waals surface area contributed by atoms with E-state index in [1.807, 2.05) is 0 Å². The van der Waals surface area contributed by atoms with Gasteiger partial charge in [0.15, 0.2) is 0 Å². The largest absolute Gasteiger partial charge is 0.395 e. The van der Waals surface area contributed by atoms with E-state index in [1.165, 1.54) is 19.3 Å². The van der Waals surface area contributed by atoms with Gasteiger partial charge in [-0.1, -0.05) is 19.3 Å². The summed E-state index contributed by atoms with van der Waals surface area (Å²) in [6, 6.07) is 0. The van der Waals surface area contributed by atoms with Crippen LogP contribution >= 0.6 is 0 Å². The van der Waals surface area contributed by atoms with Gasteiger partial charge in [-0.25, -0.2) is 0 Å². The first-order valence-corrected chi connectivity index (χ1v) is 5.94. The molecule has 0 aromatic heterocycles. The van der Waals surface area contributed by atoms with E-state index in [-0.39, 0.29) is 6.61 Å². The minimum absolute atomic E-state index is 0.107. The molecular weight excluding hydrogens is 194 g/mol. The average Bonchev–Trinajstić information content (AvgIpc) is 2.28. The Labute approximate surface area is 91.6 Å². The van der Waals surface area contributed by atoms with Gasteiger partial charge in [0.05, 0.1) is 25.4 Å². The number of aliphatic hydroxyl groups excluding tert-OH is 2. The summed E-state index contributed by atoms with van der Waals surface area (Å²) in [6.07, 6.45) is 5.99. The van der Waals surface area contributed by atoms with E-state index < -0.39 is 6.10 Å². The molecule has 1 saturated carbocycles. The molecule has 90 valence electrons. The SMILES string of the molecule is OCCNCC(O)COC1CCCCC1. The Morgan fingerprint density at radius 2 is 2.00 bits per heavy atom. The summed E-state index contributed by atoms with van der Waals surface area (Å²) < 4.78 is 5.62. The Hall–Kier alpha value is -0.160. The van der Waals surface area contributed by atoms with Crippen molar-refractivity contribution in [3.63, 3.8) is 0 Å². The van der Waals surface area contributed by atoms with Gasteiger partial charge in [-0.15, -0.1) is 0 Å². The van der Waals surface area contributed by atoms with Crippen LogP contribution in [0.5, 0.6) is 0 Å². The minimum Gasteiger partial charge on any atom is -0.395 e. The maximum absolute atomic E-state index is 9.54. The Kier molecular flexibility index (Phi) is 6.92. The zero-order chi connectivity index (χ0) is 10.9. The van der Waals surface area contributed by atoms with Crippen LogP contribution in [0.2, 0.25) is 0 Å². The lowest BCUT2D eigenvalue weighted by Crippen LogP contribution is -2.33. The number of nitrogens with one attached hydrogen (secondary N) is 1. The lowest BCUT2D eigenvalue weighted by Gasteiger charge is -2.23. The summed E-state index contributed by atoms with van der Waals surface area (Å²) >= 11 is 0. The number of ether oxygens (including phenoxy) is 1. The van der Waals surface area contributed by atoms with Crippen LogP contribution in [0.3, 0.4) is 0 Å². The van der Waals surface area contributed by atoms with Crippen molar-refractivity contribution in [2.24, 2.45) is 0 Å². The molecule has 0 amide bonds. The molecule has 4 nitrogen and oxygen atoms in total. The van der Waals surface area contributed by atoms with Crippen molar-refractivity contribution >= 4 is 0 Å². The van der Waals surface area contributed by atoms with Crippen molar-refractivity contribution in [3.8, 4) is 0 Å². The van der Waals surface area contributed by atoms with Crippen LogP contribution in [0.1, 0.15) is 32.1 Å².